The van der Waals surface area contributed by atoms with Gasteiger partial charge in [0.05, 0.1) is 22.3 Å². The topological polar surface area (TPSA) is 64.0 Å². The molecule has 7 heteroatoms. The molecular weight excluding hydrogens is 442 g/mol. The first-order valence-corrected chi connectivity index (χ1v) is 11.5. The number of aryl methyl sites for hydroxylation is 3. The van der Waals surface area contributed by atoms with Gasteiger partial charge >= 0.3 is 0 Å². The van der Waals surface area contributed by atoms with E-state index in [9.17, 15) is 9.59 Å². The predicted molar refractivity (Wildman–Crippen MR) is 132 cm³/mol. The molecule has 1 aromatic heterocycles. The lowest BCUT2D eigenvalue weighted by atomic mass is 10.1. The molecular formula is C25H22ClN3O2S. The summed E-state index contributed by atoms with van der Waals surface area (Å²) in [5.41, 5.74) is 4.26. The Labute approximate surface area is 195 Å². The summed E-state index contributed by atoms with van der Waals surface area (Å²) in [5, 5.41) is 4.08. The number of carbonyl (C=O) groups excluding carboxylic acids is 1. The van der Waals surface area contributed by atoms with E-state index < -0.39 is 0 Å². The molecule has 0 spiro atoms. The number of hydrogen-bond donors (Lipinski definition) is 1. The number of hydrogen-bond acceptors (Lipinski definition) is 4. The fourth-order valence-corrected chi connectivity index (χ4v) is 4.30. The van der Waals surface area contributed by atoms with Crippen LogP contribution in [0.25, 0.3) is 16.6 Å². The van der Waals surface area contributed by atoms with Crippen molar-refractivity contribution in [1.29, 1.82) is 0 Å². The number of fused-ring (bicyclic) bond motifs is 1. The van der Waals surface area contributed by atoms with Gasteiger partial charge in [0.2, 0.25) is 5.91 Å². The summed E-state index contributed by atoms with van der Waals surface area (Å²) in [6, 6.07) is 18.4. The number of amides is 1. The van der Waals surface area contributed by atoms with Gasteiger partial charge in [-0.1, -0.05) is 17.7 Å². The predicted octanol–water partition coefficient (Wildman–Crippen LogP) is 5.70. The van der Waals surface area contributed by atoms with Gasteiger partial charge < -0.3 is 5.32 Å². The van der Waals surface area contributed by atoms with Gasteiger partial charge in [0, 0.05) is 15.6 Å². The van der Waals surface area contributed by atoms with E-state index >= 15 is 0 Å². The Morgan fingerprint density at radius 2 is 1.69 bits per heavy atom. The van der Waals surface area contributed by atoms with Crippen molar-refractivity contribution in [2.75, 3.05) is 11.1 Å². The Kier molecular flexibility index (Phi) is 6.35. The van der Waals surface area contributed by atoms with Gasteiger partial charge in [-0.2, -0.15) is 0 Å². The maximum absolute atomic E-state index is 13.2. The molecule has 0 aliphatic heterocycles. The Hall–Kier alpha value is -3.09. The first kappa shape index (κ1) is 22.1. The molecule has 4 aromatic rings. The molecule has 5 nitrogen and oxygen atoms in total. The molecule has 0 fully saturated rings. The number of nitrogens with zero attached hydrogens (tertiary/aromatic N) is 2. The second-order valence-electron chi connectivity index (χ2n) is 7.54. The van der Waals surface area contributed by atoms with Crippen LogP contribution in [0.15, 0.2) is 70.4 Å². The van der Waals surface area contributed by atoms with Gasteiger partial charge in [0.15, 0.2) is 0 Å². The number of anilines is 1. The first-order valence-electron chi connectivity index (χ1n) is 10.1. The third-order valence-electron chi connectivity index (χ3n) is 5.33. The van der Waals surface area contributed by atoms with Crippen LogP contribution >= 0.6 is 23.4 Å². The second kappa shape index (κ2) is 9.18. The monoisotopic (exact) mass is 463 g/mol. The molecule has 0 saturated heterocycles. The van der Waals surface area contributed by atoms with Gasteiger partial charge in [-0.15, -0.1) is 11.8 Å². The Balaban J connectivity index is 1.51. The van der Waals surface area contributed by atoms with Gasteiger partial charge in [0.25, 0.3) is 5.56 Å². The standard InChI is InChI=1S/C25H22ClN3O2S/c1-15-4-13-22-24(16(15)2)27-17(3)29(25(22)31)20-9-11-21(12-10-20)32-14-23(30)28-19-7-5-18(26)6-8-19/h4-13H,14H2,1-3H3,(H,28,30). The van der Waals surface area contributed by atoms with E-state index in [1.165, 1.54) is 11.8 Å². The van der Waals surface area contributed by atoms with Crippen molar-refractivity contribution >= 4 is 45.9 Å². The molecule has 3 aromatic carbocycles. The zero-order valence-corrected chi connectivity index (χ0v) is 19.6. The number of nitrogens with one attached hydrogen (secondary N) is 1. The average molecular weight is 464 g/mol. The van der Waals surface area contributed by atoms with Crippen LogP contribution in [0, 0.1) is 20.8 Å². The second-order valence-corrected chi connectivity index (χ2v) is 9.03. The van der Waals surface area contributed by atoms with Crippen LogP contribution in [-0.2, 0) is 4.79 Å². The minimum absolute atomic E-state index is 0.0849. The molecule has 0 bridgehead atoms. The van der Waals surface area contributed by atoms with Crippen LogP contribution < -0.4 is 10.9 Å². The molecule has 0 radical (unpaired) electrons. The number of halogens is 1. The van der Waals surface area contributed by atoms with Gasteiger partial charge in [-0.25, -0.2) is 4.98 Å². The van der Waals surface area contributed by atoms with Crippen LogP contribution in [0.1, 0.15) is 17.0 Å². The Bertz CT molecular complexity index is 1360. The third-order valence-corrected chi connectivity index (χ3v) is 6.59. The van der Waals surface area contributed by atoms with Crippen LogP contribution in [0.5, 0.6) is 0 Å². The van der Waals surface area contributed by atoms with Crippen molar-refractivity contribution in [3.63, 3.8) is 0 Å². The molecule has 4 rings (SSSR count). The number of rotatable bonds is 5. The molecule has 0 saturated carbocycles. The zero-order chi connectivity index (χ0) is 22.8. The summed E-state index contributed by atoms with van der Waals surface area (Å²) in [7, 11) is 0. The highest BCUT2D eigenvalue weighted by Gasteiger charge is 2.13. The summed E-state index contributed by atoms with van der Waals surface area (Å²) in [6.07, 6.45) is 0. The molecule has 0 unspecified atom stereocenters. The van der Waals surface area contributed by atoms with Gasteiger partial charge in [-0.05, 0) is 86.5 Å². The Morgan fingerprint density at radius 1 is 1.00 bits per heavy atom. The molecule has 0 aliphatic rings. The minimum Gasteiger partial charge on any atom is -0.325 e. The zero-order valence-electron chi connectivity index (χ0n) is 18.0. The summed E-state index contributed by atoms with van der Waals surface area (Å²) < 4.78 is 1.62. The summed E-state index contributed by atoms with van der Waals surface area (Å²) in [4.78, 5) is 31.0. The van der Waals surface area contributed by atoms with Gasteiger partial charge in [-0.3, -0.25) is 14.2 Å². The van der Waals surface area contributed by atoms with Crippen molar-refractivity contribution in [2.24, 2.45) is 0 Å². The smallest absolute Gasteiger partial charge is 0.265 e. The summed E-state index contributed by atoms with van der Waals surface area (Å²) >= 11 is 7.29. The van der Waals surface area contributed by atoms with Crippen LogP contribution in [0.3, 0.4) is 0 Å². The van der Waals surface area contributed by atoms with E-state index in [-0.39, 0.29) is 17.2 Å². The molecule has 162 valence electrons. The lowest BCUT2D eigenvalue weighted by Gasteiger charge is -2.13. The van der Waals surface area contributed by atoms with E-state index in [1.807, 2.05) is 57.2 Å². The lowest BCUT2D eigenvalue weighted by molar-refractivity contribution is -0.113. The maximum Gasteiger partial charge on any atom is 0.265 e. The fraction of sp³-hybridized carbons (Fsp3) is 0.160. The van der Waals surface area contributed by atoms with E-state index in [0.29, 0.717) is 21.9 Å². The minimum atomic E-state index is -0.0992. The van der Waals surface area contributed by atoms with Crippen LogP contribution in [-0.4, -0.2) is 21.2 Å². The van der Waals surface area contributed by atoms with Crippen molar-refractivity contribution in [3.8, 4) is 5.69 Å². The van der Waals surface area contributed by atoms with E-state index in [1.54, 1.807) is 28.8 Å². The van der Waals surface area contributed by atoms with Crippen molar-refractivity contribution in [3.05, 3.63) is 93.0 Å². The van der Waals surface area contributed by atoms with Crippen molar-refractivity contribution in [1.82, 2.24) is 9.55 Å². The quantitative estimate of drug-likeness (QED) is 0.386. The number of aromatic nitrogens is 2. The highest BCUT2D eigenvalue weighted by molar-refractivity contribution is 8.00. The highest BCUT2D eigenvalue weighted by atomic mass is 35.5. The van der Waals surface area contributed by atoms with E-state index in [0.717, 1.165) is 27.2 Å². The molecule has 0 aliphatic carbocycles. The SMILES string of the molecule is Cc1ccc2c(=O)n(-c3ccc(SCC(=O)Nc4ccc(Cl)cc4)cc3)c(C)nc2c1C. The van der Waals surface area contributed by atoms with Crippen molar-refractivity contribution in [2.45, 2.75) is 25.7 Å². The van der Waals surface area contributed by atoms with Crippen molar-refractivity contribution < 1.29 is 4.79 Å². The highest BCUT2D eigenvalue weighted by Crippen LogP contribution is 2.22. The van der Waals surface area contributed by atoms with Crippen LogP contribution in [0.4, 0.5) is 5.69 Å². The van der Waals surface area contributed by atoms with E-state index in [4.69, 9.17) is 16.6 Å². The summed E-state index contributed by atoms with van der Waals surface area (Å²) in [6.45, 7) is 5.85. The molecule has 1 heterocycles. The van der Waals surface area contributed by atoms with Crippen LogP contribution in [0.2, 0.25) is 5.02 Å². The Morgan fingerprint density at radius 3 is 2.38 bits per heavy atom. The largest absolute Gasteiger partial charge is 0.325 e. The number of carbonyl (C=O) groups is 1. The third kappa shape index (κ3) is 4.56. The molecule has 1 amide bonds. The molecule has 1 N–H and O–H groups in total. The number of benzene rings is 3. The maximum atomic E-state index is 13.2. The first-order chi connectivity index (χ1) is 15.3. The lowest BCUT2D eigenvalue weighted by Crippen LogP contribution is -2.22. The fourth-order valence-electron chi connectivity index (χ4n) is 3.47. The summed E-state index contributed by atoms with van der Waals surface area (Å²) in [5.74, 6) is 0.814. The molecule has 0 atom stereocenters. The molecule has 32 heavy (non-hydrogen) atoms. The number of thioether (sulfide) groups is 1. The normalized spacial score (nSPS) is 11.0. The average Bonchev–Trinajstić information content (AvgIpc) is 2.78. The van der Waals surface area contributed by atoms with Gasteiger partial charge in [0.1, 0.15) is 5.82 Å². The van der Waals surface area contributed by atoms with E-state index in [2.05, 4.69) is 5.32 Å².